The molecule has 0 aliphatic carbocycles. The summed E-state index contributed by atoms with van der Waals surface area (Å²) >= 11 is 0. The first-order valence-corrected chi connectivity index (χ1v) is 5.72. The minimum Gasteiger partial charge on any atom is -0.478 e. The quantitative estimate of drug-likeness (QED) is 0.854. The summed E-state index contributed by atoms with van der Waals surface area (Å²) in [5.41, 5.74) is 0.754. The standard InChI is InChI=1S/C15H12O4/c16-14(17)13(11-7-3-1-4-8-11)19-15(18)12-9-5-2-6-10-12/h1-10,13H,(H,16,17). The molecule has 0 spiro atoms. The molecule has 0 bridgehead atoms. The normalized spacial score (nSPS) is 11.6. The summed E-state index contributed by atoms with van der Waals surface area (Å²) in [7, 11) is 0. The van der Waals surface area contributed by atoms with Gasteiger partial charge in [0.1, 0.15) is 0 Å². The van der Waals surface area contributed by atoms with Crippen LogP contribution in [0.15, 0.2) is 60.7 Å². The van der Waals surface area contributed by atoms with Crippen molar-refractivity contribution in [3.8, 4) is 0 Å². The summed E-state index contributed by atoms with van der Waals surface area (Å²) < 4.78 is 5.05. The summed E-state index contributed by atoms with van der Waals surface area (Å²) in [6.45, 7) is 0. The maximum atomic E-state index is 11.8. The van der Waals surface area contributed by atoms with Gasteiger partial charge in [-0.05, 0) is 12.1 Å². The van der Waals surface area contributed by atoms with E-state index in [1.807, 2.05) is 0 Å². The number of benzene rings is 2. The van der Waals surface area contributed by atoms with Gasteiger partial charge < -0.3 is 9.84 Å². The number of ether oxygens (including phenoxy) is 1. The Hall–Kier alpha value is -2.62. The van der Waals surface area contributed by atoms with Crippen LogP contribution < -0.4 is 0 Å². The molecular formula is C15H12O4. The number of rotatable bonds is 4. The lowest BCUT2D eigenvalue weighted by atomic mass is 10.1. The lowest BCUT2D eigenvalue weighted by Crippen LogP contribution is -2.19. The molecule has 2 rings (SSSR count). The van der Waals surface area contributed by atoms with Crippen LogP contribution in [0.2, 0.25) is 0 Å². The molecule has 0 aliphatic rings. The summed E-state index contributed by atoms with van der Waals surface area (Å²) in [6.07, 6.45) is -1.30. The van der Waals surface area contributed by atoms with Crippen molar-refractivity contribution in [2.24, 2.45) is 0 Å². The molecule has 1 atom stereocenters. The van der Waals surface area contributed by atoms with Gasteiger partial charge in [0.15, 0.2) is 0 Å². The zero-order valence-electron chi connectivity index (χ0n) is 10.0. The van der Waals surface area contributed by atoms with E-state index in [2.05, 4.69) is 0 Å². The average Bonchev–Trinajstić information content (AvgIpc) is 2.46. The Morgan fingerprint density at radius 3 is 1.95 bits per heavy atom. The maximum absolute atomic E-state index is 11.8. The van der Waals surface area contributed by atoms with Gasteiger partial charge in [-0.1, -0.05) is 48.5 Å². The third-order valence-corrected chi connectivity index (χ3v) is 2.56. The first kappa shape index (κ1) is 12.8. The molecule has 0 fully saturated rings. The van der Waals surface area contributed by atoms with Crippen molar-refractivity contribution in [2.45, 2.75) is 6.10 Å². The summed E-state index contributed by atoms with van der Waals surface area (Å²) in [5, 5.41) is 9.15. The largest absolute Gasteiger partial charge is 0.478 e. The number of carbonyl (C=O) groups excluding carboxylic acids is 1. The average molecular weight is 256 g/mol. The lowest BCUT2D eigenvalue weighted by molar-refractivity contribution is -0.147. The zero-order valence-corrected chi connectivity index (χ0v) is 10.0. The van der Waals surface area contributed by atoms with Crippen molar-refractivity contribution in [1.29, 1.82) is 0 Å². The number of carbonyl (C=O) groups is 2. The number of carboxylic acid groups (broad SMARTS) is 1. The fourth-order valence-electron chi connectivity index (χ4n) is 1.64. The second-order valence-corrected chi connectivity index (χ2v) is 3.90. The van der Waals surface area contributed by atoms with Gasteiger partial charge in [0.05, 0.1) is 5.56 Å². The van der Waals surface area contributed by atoms with E-state index in [1.165, 1.54) is 0 Å². The van der Waals surface area contributed by atoms with E-state index in [1.54, 1.807) is 60.7 Å². The van der Waals surface area contributed by atoms with Crippen LogP contribution in [-0.4, -0.2) is 17.0 Å². The SMILES string of the molecule is O=C(OC(C(=O)O)c1ccccc1)c1ccccc1. The van der Waals surface area contributed by atoms with Gasteiger partial charge in [0.25, 0.3) is 0 Å². The highest BCUT2D eigenvalue weighted by atomic mass is 16.6. The Morgan fingerprint density at radius 1 is 0.895 bits per heavy atom. The topological polar surface area (TPSA) is 63.6 Å². The highest BCUT2D eigenvalue weighted by molar-refractivity contribution is 5.91. The van der Waals surface area contributed by atoms with E-state index in [0.717, 1.165) is 0 Å². The zero-order chi connectivity index (χ0) is 13.7. The Kier molecular flexibility index (Phi) is 3.93. The number of hydrogen-bond acceptors (Lipinski definition) is 3. The molecule has 4 nitrogen and oxygen atoms in total. The van der Waals surface area contributed by atoms with Crippen LogP contribution in [0.3, 0.4) is 0 Å². The second kappa shape index (κ2) is 5.82. The maximum Gasteiger partial charge on any atom is 0.349 e. The van der Waals surface area contributed by atoms with E-state index in [4.69, 9.17) is 9.84 Å². The van der Waals surface area contributed by atoms with Gasteiger partial charge in [-0.15, -0.1) is 0 Å². The summed E-state index contributed by atoms with van der Waals surface area (Å²) in [5.74, 6) is -1.85. The van der Waals surface area contributed by atoms with Gasteiger partial charge in [-0.2, -0.15) is 0 Å². The summed E-state index contributed by atoms with van der Waals surface area (Å²) in [6, 6.07) is 16.7. The fourth-order valence-corrected chi connectivity index (χ4v) is 1.64. The number of aliphatic carboxylic acids is 1. The first-order valence-electron chi connectivity index (χ1n) is 5.72. The molecule has 1 unspecified atom stereocenters. The third kappa shape index (κ3) is 3.19. The monoisotopic (exact) mass is 256 g/mol. The minimum atomic E-state index is -1.30. The molecule has 2 aromatic carbocycles. The Labute approximate surface area is 110 Å². The van der Waals surface area contributed by atoms with Crippen molar-refractivity contribution < 1.29 is 19.4 Å². The van der Waals surface area contributed by atoms with Gasteiger partial charge in [0.2, 0.25) is 6.10 Å². The van der Waals surface area contributed by atoms with Crippen LogP contribution in [0, 0.1) is 0 Å². The molecule has 2 aromatic rings. The summed E-state index contributed by atoms with van der Waals surface area (Å²) in [4.78, 5) is 23.0. The van der Waals surface area contributed by atoms with E-state index in [-0.39, 0.29) is 0 Å². The molecule has 0 saturated heterocycles. The molecule has 0 amide bonds. The van der Waals surface area contributed by atoms with E-state index < -0.39 is 18.0 Å². The van der Waals surface area contributed by atoms with E-state index in [0.29, 0.717) is 11.1 Å². The second-order valence-electron chi connectivity index (χ2n) is 3.90. The Bertz CT molecular complexity index is 563. The number of esters is 1. The molecular weight excluding hydrogens is 244 g/mol. The van der Waals surface area contributed by atoms with Crippen LogP contribution >= 0.6 is 0 Å². The van der Waals surface area contributed by atoms with Gasteiger partial charge in [0, 0.05) is 5.56 Å². The van der Waals surface area contributed by atoms with Crippen molar-refractivity contribution >= 4 is 11.9 Å². The third-order valence-electron chi connectivity index (χ3n) is 2.56. The van der Waals surface area contributed by atoms with Crippen LogP contribution in [0.1, 0.15) is 22.0 Å². The minimum absolute atomic E-state index is 0.324. The van der Waals surface area contributed by atoms with Gasteiger partial charge in [-0.25, -0.2) is 9.59 Å². The molecule has 0 aromatic heterocycles. The molecule has 0 saturated carbocycles. The molecule has 96 valence electrons. The van der Waals surface area contributed by atoms with Crippen LogP contribution in [0.5, 0.6) is 0 Å². The predicted octanol–water partition coefficient (Wildman–Crippen LogP) is 2.67. The first-order chi connectivity index (χ1) is 9.18. The number of hydrogen-bond donors (Lipinski definition) is 1. The number of carboxylic acids is 1. The lowest BCUT2D eigenvalue weighted by Gasteiger charge is -2.13. The van der Waals surface area contributed by atoms with E-state index in [9.17, 15) is 9.59 Å². The van der Waals surface area contributed by atoms with Gasteiger partial charge >= 0.3 is 11.9 Å². The van der Waals surface area contributed by atoms with Crippen LogP contribution in [0.4, 0.5) is 0 Å². The molecule has 4 heteroatoms. The Balaban J connectivity index is 2.19. The molecule has 1 N–H and O–H groups in total. The fraction of sp³-hybridized carbons (Fsp3) is 0.0667. The molecule has 0 aliphatic heterocycles. The highest BCUT2D eigenvalue weighted by Gasteiger charge is 2.24. The predicted molar refractivity (Wildman–Crippen MR) is 68.7 cm³/mol. The molecule has 0 heterocycles. The van der Waals surface area contributed by atoms with Crippen molar-refractivity contribution in [2.75, 3.05) is 0 Å². The smallest absolute Gasteiger partial charge is 0.349 e. The van der Waals surface area contributed by atoms with Crippen molar-refractivity contribution in [3.63, 3.8) is 0 Å². The van der Waals surface area contributed by atoms with E-state index >= 15 is 0 Å². The van der Waals surface area contributed by atoms with Crippen molar-refractivity contribution in [1.82, 2.24) is 0 Å². The highest BCUT2D eigenvalue weighted by Crippen LogP contribution is 2.19. The molecule has 19 heavy (non-hydrogen) atoms. The van der Waals surface area contributed by atoms with Crippen molar-refractivity contribution in [3.05, 3.63) is 71.8 Å². The molecule has 0 radical (unpaired) electrons. The van der Waals surface area contributed by atoms with Gasteiger partial charge in [-0.3, -0.25) is 0 Å². The van der Waals surface area contributed by atoms with Crippen LogP contribution in [-0.2, 0) is 9.53 Å². The van der Waals surface area contributed by atoms with Crippen LogP contribution in [0.25, 0.3) is 0 Å². The Morgan fingerprint density at radius 2 is 1.42 bits per heavy atom.